The van der Waals surface area contributed by atoms with Crippen molar-refractivity contribution in [1.29, 1.82) is 0 Å². The largest absolute Gasteiger partial charge is 0.423 e. The lowest BCUT2D eigenvalue weighted by molar-refractivity contribution is -0.116. The number of amides is 3. The number of hydrogen-bond acceptors (Lipinski definition) is 5. The molecule has 28 heavy (non-hydrogen) atoms. The van der Waals surface area contributed by atoms with Gasteiger partial charge in [-0.3, -0.25) is 4.79 Å². The van der Waals surface area contributed by atoms with E-state index in [1.54, 1.807) is 6.07 Å². The van der Waals surface area contributed by atoms with Crippen LogP contribution in [0.4, 0.5) is 10.5 Å². The molecule has 1 aromatic carbocycles. The summed E-state index contributed by atoms with van der Waals surface area (Å²) in [5.41, 5.74) is 1.56. The molecule has 2 aromatic rings. The number of hydrogen-bond donors (Lipinski definition) is 3. The molecule has 3 heterocycles. The maximum atomic E-state index is 12.2. The van der Waals surface area contributed by atoms with Gasteiger partial charge in [-0.25, -0.2) is 9.59 Å². The Morgan fingerprint density at radius 1 is 1.25 bits per heavy atom. The summed E-state index contributed by atoms with van der Waals surface area (Å²) < 4.78 is 5.22. The second kappa shape index (κ2) is 7.87. The van der Waals surface area contributed by atoms with Gasteiger partial charge >= 0.3 is 11.7 Å². The Morgan fingerprint density at radius 3 is 2.96 bits per heavy atom. The van der Waals surface area contributed by atoms with E-state index in [2.05, 4.69) is 16.0 Å². The first kappa shape index (κ1) is 18.9. The molecule has 3 amide bonds. The van der Waals surface area contributed by atoms with E-state index < -0.39 is 5.63 Å². The fraction of sp³-hybridized carbons (Fsp3) is 0.450. The molecule has 2 saturated heterocycles. The summed E-state index contributed by atoms with van der Waals surface area (Å²) in [5, 5.41) is 10.1. The monoisotopic (exact) mass is 401 g/mol. The van der Waals surface area contributed by atoms with Crippen LogP contribution >= 0.6 is 11.8 Å². The molecule has 2 aliphatic rings. The zero-order valence-electron chi connectivity index (χ0n) is 15.6. The molecule has 0 spiro atoms. The van der Waals surface area contributed by atoms with E-state index in [1.165, 1.54) is 6.07 Å². The van der Waals surface area contributed by atoms with Gasteiger partial charge in [0, 0.05) is 40.6 Å². The zero-order chi connectivity index (χ0) is 19.7. The van der Waals surface area contributed by atoms with E-state index in [9.17, 15) is 14.4 Å². The number of urea groups is 1. The van der Waals surface area contributed by atoms with Crippen LogP contribution in [0.1, 0.15) is 31.2 Å². The summed E-state index contributed by atoms with van der Waals surface area (Å²) in [6.45, 7) is 1.86. The van der Waals surface area contributed by atoms with Crippen LogP contribution in [0.5, 0.6) is 0 Å². The van der Waals surface area contributed by atoms with Gasteiger partial charge in [-0.2, -0.15) is 11.8 Å². The summed E-state index contributed by atoms with van der Waals surface area (Å²) in [7, 11) is 0. The first-order valence-electron chi connectivity index (χ1n) is 9.52. The Bertz CT molecular complexity index is 974. The van der Waals surface area contributed by atoms with E-state index in [0.717, 1.165) is 36.0 Å². The summed E-state index contributed by atoms with van der Waals surface area (Å²) >= 11 is 1.89. The van der Waals surface area contributed by atoms with Crippen molar-refractivity contribution in [1.82, 2.24) is 10.6 Å². The number of anilines is 1. The second-order valence-electron chi connectivity index (χ2n) is 7.38. The fourth-order valence-electron chi connectivity index (χ4n) is 3.90. The second-order valence-corrected chi connectivity index (χ2v) is 8.65. The smallest absolute Gasteiger partial charge is 0.336 e. The number of rotatable bonds is 6. The number of thioether (sulfide) groups is 1. The zero-order valence-corrected chi connectivity index (χ0v) is 16.4. The summed E-state index contributed by atoms with van der Waals surface area (Å²) in [6, 6.07) is 7.19. The van der Waals surface area contributed by atoms with E-state index in [-0.39, 0.29) is 24.0 Å². The van der Waals surface area contributed by atoms with Crippen LogP contribution in [0.15, 0.2) is 33.5 Å². The van der Waals surface area contributed by atoms with E-state index in [4.69, 9.17) is 4.42 Å². The third kappa shape index (κ3) is 4.01. The number of unbranched alkanes of at least 4 members (excludes halogenated alkanes) is 1. The van der Waals surface area contributed by atoms with Gasteiger partial charge in [-0.1, -0.05) is 6.42 Å². The van der Waals surface area contributed by atoms with Crippen LogP contribution in [-0.2, 0) is 4.79 Å². The van der Waals surface area contributed by atoms with Crippen molar-refractivity contribution in [3.63, 3.8) is 0 Å². The van der Waals surface area contributed by atoms with Crippen molar-refractivity contribution in [2.75, 3.05) is 11.1 Å². The predicted octanol–water partition coefficient (Wildman–Crippen LogP) is 2.77. The Kier molecular flexibility index (Phi) is 5.30. The van der Waals surface area contributed by atoms with Crippen molar-refractivity contribution in [3.8, 4) is 0 Å². The molecule has 0 bridgehead atoms. The number of aryl methyl sites for hydroxylation is 1. The Hall–Kier alpha value is -2.48. The number of carbonyl (C=O) groups is 2. The molecule has 2 aliphatic heterocycles. The van der Waals surface area contributed by atoms with Crippen LogP contribution in [0.3, 0.4) is 0 Å². The Balaban J connectivity index is 1.25. The topological polar surface area (TPSA) is 100 Å². The molecular weight excluding hydrogens is 378 g/mol. The molecule has 3 atom stereocenters. The SMILES string of the molecule is Cc1cc(=O)oc2cc(NC(=O)CCCC[C@@H]3SC[C@@H]4NC(=O)N[C@H]43)ccc12. The minimum atomic E-state index is -0.394. The van der Waals surface area contributed by atoms with Crippen molar-refractivity contribution < 1.29 is 14.0 Å². The third-order valence-electron chi connectivity index (χ3n) is 5.32. The van der Waals surface area contributed by atoms with Gasteiger partial charge in [0.1, 0.15) is 5.58 Å². The minimum absolute atomic E-state index is 0.0536. The molecule has 0 unspecified atom stereocenters. The molecule has 1 aromatic heterocycles. The van der Waals surface area contributed by atoms with E-state index in [1.807, 2.05) is 30.8 Å². The van der Waals surface area contributed by atoms with Crippen molar-refractivity contribution in [3.05, 3.63) is 40.2 Å². The lowest BCUT2D eigenvalue weighted by atomic mass is 10.0. The maximum absolute atomic E-state index is 12.2. The van der Waals surface area contributed by atoms with Crippen molar-refractivity contribution in [2.45, 2.75) is 49.9 Å². The standard InChI is InChI=1S/C20H23N3O4S/c1-11-8-18(25)27-15-9-12(6-7-13(11)15)21-17(24)5-3-2-4-16-19-14(10-28-16)22-20(26)23-19/h6-9,14,16,19H,2-5,10H2,1H3,(H,21,24)(H2,22,23,26)/t14-,16-,19+/m0/s1. The van der Waals surface area contributed by atoms with E-state index in [0.29, 0.717) is 22.9 Å². The molecule has 8 heteroatoms. The number of benzene rings is 1. The molecular formula is C20H23N3O4S. The normalized spacial score (nSPS) is 23.3. The van der Waals surface area contributed by atoms with Crippen LogP contribution < -0.4 is 21.6 Å². The van der Waals surface area contributed by atoms with Gasteiger partial charge in [0.25, 0.3) is 0 Å². The molecule has 0 radical (unpaired) electrons. The average Bonchev–Trinajstić information content (AvgIpc) is 3.17. The quantitative estimate of drug-likeness (QED) is 0.393. The highest BCUT2D eigenvalue weighted by molar-refractivity contribution is 8.00. The van der Waals surface area contributed by atoms with Gasteiger partial charge in [-0.15, -0.1) is 0 Å². The van der Waals surface area contributed by atoms with Crippen molar-refractivity contribution >= 4 is 40.4 Å². The van der Waals surface area contributed by atoms with Crippen LogP contribution in [0.25, 0.3) is 11.0 Å². The number of nitrogens with one attached hydrogen (secondary N) is 3. The van der Waals surface area contributed by atoms with Gasteiger partial charge in [0.05, 0.1) is 12.1 Å². The highest BCUT2D eigenvalue weighted by atomic mass is 32.2. The molecule has 2 fully saturated rings. The van der Waals surface area contributed by atoms with Crippen LogP contribution in [0.2, 0.25) is 0 Å². The highest BCUT2D eigenvalue weighted by Crippen LogP contribution is 2.33. The summed E-state index contributed by atoms with van der Waals surface area (Å²) in [6.07, 6.45) is 3.16. The first-order chi connectivity index (χ1) is 13.5. The van der Waals surface area contributed by atoms with Gasteiger partial charge in [-0.05, 0) is 37.5 Å². The predicted molar refractivity (Wildman–Crippen MR) is 110 cm³/mol. The molecule has 7 nitrogen and oxygen atoms in total. The van der Waals surface area contributed by atoms with Gasteiger partial charge < -0.3 is 20.4 Å². The van der Waals surface area contributed by atoms with Crippen molar-refractivity contribution in [2.24, 2.45) is 0 Å². The summed E-state index contributed by atoms with van der Waals surface area (Å²) in [5.74, 6) is 0.897. The highest BCUT2D eigenvalue weighted by Gasteiger charge is 2.42. The molecule has 4 rings (SSSR count). The van der Waals surface area contributed by atoms with Crippen LogP contribution in [0, 0.1) is 6.92 Å². The Morgan fingerprint density at radius 2 is 2.11 bits per heavy atom. The lowest BCUT2D eigenvalue weighted by Gasteiger charge is -2.16. The minimum Gasteiger partial charge on any atom is -0.423 e. The first-order valence-corrected chi connectivity index (χ1v) is 10.6. The molecule has 0 aliphatic carbocycles. The molecule has 3 N–H and O–H groups in total. The fourth-order valence-corrected chi connectivity index (χ4v) is 5.44. The molecule has 0 saturated carbocycles. The summed E-state index contributed by atoms with van der Waals surface area (Å²) in [4.78, 5) is 35.2. The third-order valence-corrected chi connectivity index (χ3v) is 6.82. The Labute approximate surface area is 166 Å². The van der Waals surface area contributed by atoms with Gasteiger partial charge in [0.2, 0.25) is 5.91 Å². The lowest BCUT2D eigenvalue weighted by Crippen LogP contribution is -2.36. The number of carbonyl (C=O) groups excluding carboxylic acids is 2. The van der Waals surface area contributed by atoms with Crippen LogP contribution in [-0.4, -0.2) is 35.0 Å². The maximum Gasteiger partial charge on any atom is 0.336 e. The van der Waals surface area contributed by atoms with E-state index >= 15 is 0 Å². The van der Waals surface area contributed by atoms with Gasteiger partial charge in [0.15, 0.2) is 0 Å². The molecule has 148 valence electrons. The number of fused-ring (bicyclic) bond motifs is 2. The average molecular weight is 401 g/mol.